The van der Waals surface area contributed by atoms with Crippen LogP contribution in [0.15, 0.2) is 23.6 Å². The van der Waals surface area contributed by atoms with Gasteiger partial charge in [0, 0.05) is 30.1 Å². The van der Waals surface area contributed by atoms with Gasteiger partial charge in [-0.3, -0.25) is 9.59 Å². The van der Waals surface area contributed by atoms with Crippen LogP contribution in [0, 0.1) is 5.92 Å². The zero-order valence-corrected chi connectivity index (χ0v) is 10.7. The summed E-state index contributed by atoms with van der Waals surface area (Å²) in [7, 11) is 0. The molecule has 2 rings (SSSR count). The molecule has 0 aliphatic carbocycles. The van der Waals surface area contributed by atoms with Crippen molar-refractivity contribution >= 4 is 23.7 Å². The second kappa shape index (κ2) is 5.98. The minimum atomic E-state index is -1.02. The third kappa shape index (κ3) is 3.42. The fourth-order valence-electron chi connectivity index (χ4n) is 2.09. The molecule has 102 valence electrons. The van der Waals surface area contributed by atoms with Crippen LogP contribution in [0.3, 0.4) is 0 Å². The van der Waals surface area contributed by atoms with Crippen LogP contribution in [-0.4, -0.2) is 50.0 Å². The molecule has 0 bridgehead atoms. The number of carbonyl (C=O) groups is 2. The van der Waals surface area contributed by atoms with E-state index in [1.807, 2.05) is 0 Å². The zero-order valence-electron chi connectivity index (χ0n) is 9.89. The minimum Gasteiger partial charge on any atom is -0.481 e. The van der Waals surface area contributed by atoms with Gasteiger partial charge in [-0.25, -0.2) is 9.97 Å². The van der Waals surface area contributed by atoms with Crippen LogP contribution in [0.2, 0.25) is 0 Å². The van der Waals surface area contributed by atoms with Crippen LogP contribution in [0.4, 0.5) is 0 Å². The summed E-state index contributed by atoms with van der Waals surface area (Å²) in [5, 5.41) is 21.2. The Kier molecular flexibility index (Phi) is 4.33. The molecule has 7 nitrogen and oxygen atoms in total. The fourth-order valence-corrected chi connectivity index (χ4v) is 3.21. The molecule has 1 fully saturated rings. The van der Waals surface area contributed by atoms with E-state index in [4.69, 9.17) is 10.2 Å². The molecule has 0 amide bonds. The van der Waals surface area contributed by atoms with Crippen LogP contribution in [0.1, 0.15) is 6.42 Å². The second-order valence-electron chi connectivity index (χ2n) is 4.17. The molecular weight excluding hydrogens is 270 g/mol. The molecule has 1 aromatic heterocycles. The van der Waals surface area contributed by atoms with Crippen LogP contribution >= 0.6 is 11.8 Å². The van der Waals surface area contributed by atoms with E-state index in [0.29, 0.717) is 11.7 Å². The summed E-state index contributed by atoms with van der Waals surface area (Å²) in [5.41, 5.74) is 0. The van der Waals surface area contributed by atoms with Crippen molar-refractivity contribution in [2.45, 2.75) is 22.9 Å². The van der Waals surface area contributed by atoms with Crippen molar-refractivity contribution in [1.29, 1.82) is 0 Å². The summed E-state index contributed by atoms with van der Waals surface area (Å²) in [4.78, 5) is 30.1. The molecular formula is C11H13N3O4S. The van der Waals surface area contributed by atoms with Gasteiger partial charge in [-0.1, -0.05) is 11.8 Å². The molecule has 2 heterocycles. The number of hydrogen-bond acceptors (Lipinski definition) is 6. The Morgan fingerprint density at radius 1 is 1.37 bits per heavy atom. The van der Waals surface area contributed by atoms with Crippen molar-refractivity contribution in [1.82, 2.24) is 15.3 Å². The maximum Gasteiger partial charge on any atom is 0.321 e. The second-order valence-corrected chi connectivity index (χ2v) is 5.38. The summed E-state index contributed by atoms with van der Waals surface area (Å²) in [6.45, 7) is 0.428. The van der Waals surface area contributed by atoms with Gasteiger partial charge >= 0.3 is 11.9 Å². The highest BCUT2D eigenvalue weighted by atomic mass is 32.2. The van der Waals surface area contributed by atoms with Crippen molar-refractivity contribution in [3.8, 4) is 0 Å². The highest BCUT2D eigenvalue weighted by molar-refractivity contribution is 7.99. The molecule has 1 aliphatic rings. The van der Waals surface area contributed by atoms with Gasteiger partial charge < -0.3 is 15.5 Å². The van der Waals surface area contributed by atoms with Crippen molar-refractivity contribution in [3.05, 3.63) is 18.5 Å². The molecule has 8 heteroatoms. The number of aliphatic carboxylic acids is 2. The molecule has 1 aliphatic heterocycles. The minimum absolute atomic E-state index is 0.167. The van der Waals surface area contributed by atoms with E-state index < -0.39 is 23.9 Å². The predicted molar refractivity (Wildman–Crippen MR) is 66.8 cm³/mol. The van der Waals surface area contributed by atoms with Gasteiger partial charge in [-0.05, 0) is 6.07 Å². The van der Waals surface area contributed by atoms with Crippen molar-refractivity contribution in [3.63, 3.8) is 0 Å². The SMILES string of the molecule is O=C(O)C[C@H]1[C@@H](Sc2ncccn2)CN[C@@H]1C(=O)O. The molecule has 0 spiro atoms. The molecule has 0 radical (unpaired) electrons. The maximum atomic E-state index is 11.1. The average Bonchev–Trinajstić information content (AvgIpc) is 2.73. The highest BCUT2D eigenvalue weighted by Crippen LogP contribution is 2.33. The number of thioether (sulfide) groups is 1. The van der Waals surface area contributed by atoms with Gasteiger partial charge in [0.15, 0.2) is 5.16 Å². The van der Waals surface area contributed by atoms with Crippen molar-refractivity contribution < 1.29 is 19.8 Å². The lowest BCUT2D eigenvalue weighted by atomic mass is 9.97. The van der Waals surface area contributed by atoms with Gasteiger partial charge in [0.2, 0.25) is 0 Å². The van der Waals surface area contributed by atoms with Crippen molar-refractivity contribution in [2.24, 2.45) is 5.92 Å². The third-order valence-corrected chi connectivity index (χ3v) is 4.16. The molecule has 1 saturated heterocycles. The van der Waals surface area contributed by atoms with E-state index in [1.165, 1.54) is 11.8 Å². The van der Waals surface area contributed by atoms with Gasteiger partial charge in [-0.15, -0.1) is 0 Å². The number of rotatable bonds is 5. The Morgan fingerprint density at radius 3 is 2.63 bits per heavy atom. The largest absolute Gasteiger partial charge is 0.481 e. The average molecular weight is 283 g/mol. The lowest BCUT2D eigenvalue weighted by molar-refractivity contribution is -0.141. The number of nitrogens with zero attached hydrogens (tertiary/aromatic N) is 2. The van der Waals surface area contributed by atoms with E-state index in [-0.39, 0.29) is 11.7 Å². The number of carboxylic acid groups (broad SMARTS) is 2. The van der Waals surface area contributed by atoms with Crippen LogP contribution < -0.4 is 5.32 Å². The van der Waals surface area contributed by atoms with E-state index in [2.05, 4.69) is 15.3 Å². The molecule has 0 aromatic carbocycles. The van der Waals surface area contributed by atoms with Crippen molar-refractivity contribution in [2.75, 3.05) is 6.54 Å². The van der Waals surface area contributed by atoms with E-state index in [9.17, 15) is 9.59 Å². The lowest BCUT2D eigenvalue weighted by Gasteiger charge is -2.18. The Balaban J connectivity index is 2.10. The first kappa shape index (κ1) is 13.8. The predicted octanol–water partition coefficient (Wildman–Crippen LogP) is 0.0846. The van der Waals surface area contributed by atoms with Gasteiger partial charge in [0.05, 0.1) is 6.42 Å². The van der Waals surface area contributed by atoms with Crippen LogP contribution in [-0.2, 0) is 9.59 Å². The first-order chi connectivity index (χ1) is 9.08. The monoisotopic (exact) mass is 283 g/mol. The maximum absolute atomic E-state index is 11.1. The third-order valence-electron chi connectivity index (χ3n) is 2.92. The number of nitrogens with one attached hydrogen (secondary N) is 1. The summed E-state index contributed by atoms with van der Waals surface area (Å²) >= 11 is 1.31. The number of hydrogen-bond donors (Lipinski definition) is 3. The zero-order chi connectivity index (χ0) is 13.8. The lowest BCUT2D eigenvalue weighted by Crippen LogP contribution is -2.37. The first-order valence-electron chi connectivity index (χ1n) is 5.69. The number of aromatic nitrogens is 2. The van der Waals surface area contributed by atoms with E-state index >= 15 is 0 Å². The van der Waals surface area contributed by atoms with Crippen LogP contribution in [0.5, 0.6) is 0 Å². The standard InChI is InChI=1S/C11H13N3O4S/c15-8(16)4-6-7(5-14-9(6)10(17)18)19-11-12-2-1-3-13-11/h1-3,6-7,9,14H,4-5H2,(H,15,16)(H,17,18)/t6-,7-,9-/m0/s1. The normalized spacial score (nSPS) is 26.2. The highest BCUT2D eigenvalue weighted by Gasteiger charge is 2.42. The topological polar surface area (TPSA) is 112 Å². The fraction of sp³-hybridized carbons (Fsp3) is 0.455. The summed E-state index contributed by atoms with van der Waals surface area (Å²) in [6.07, 6.45) is 3.01. The summed E-state index contributed by atoms with van der Waals surface area (Å²) in [5.74, 6) is -2.51. The quantitative estimate of drug-likeness (QED) is 0.651. The van der Waals surface area contributed by atoms with Gasteiger partial charge in [0.25, 0.3) is 0 Å². The summed E-state index contributed by atoms with van der Waals surface area (Å²) in [6, 6.07) is 0.850. The van der Waals surface area contributed by atoms with Gasteiger partial charge in [0.1, 0.15) is 6.04 Å². The molecule has 3 atom stereocenters. The van der Waals surface area contributed by atoms with Crippen LogP contribution in [0.25, 0.3) is 0 Å². The summed E-state index contributed by atoms with van der Waals surface area (Å²) < 4.78 is 0. The number of carboxylic acids is 2. The smallest absolute Gasteiger partial charge is 0.321 e. The Bertz CT molecular complexity index is 470. The van der Waals surface area contributed by atoms with E-state index in [0.717, 1.165) is 0 Å². The molecule has 3 N–H and O–H groups in total. The molecule has 0 unspecified atom stereocenters. The Labute approximate surface area is 113 Å². The Hall–Kier alpha value is -1.67. The molecule has 0 saturated carbocycles. The molecule has 1 aromatic rings. The van der Waals surface area contributed by atoms with Gasteiger partial charge in [-0.2, -0.15) is 0 Å². The van der Waals surface area contributed by atoms with E-state index in [1.54, 1.807) is 18.5 Å². The first-order valence-corrected chi connectivity index (χ1v) is 6.57. The molecule has 19 heavy (non-hydrogen) atoms. The Morgan fingerprint density at radius 2 is 2.05 bits per heavy atom.